The number of likely N-dealkylation sites (N-methyl/N-ethyl adjacent to an activating group) is 1. The molecule has 0 saturated carbocycles. The summed E-state index contributed by atoms with van der Waals surface area (Å²) in [6.07, 6.45) is 2.74. The number of hydrogen-bond acceptors (Lipinski definition) is 6. The molecule has 0 spiro atoms. The van der Waals surface area contributed by atoms with Crippen LogP contribution in [0.2, 0.25) is 0 Å². The van der Waals surface area contributed by atoms with Crippen LogP contribution in [-0.2, 0) is 11.2 Å². The van der Waals surface area contributed by atoms with Crippen molar-refractivity contribution >= 4 is 11.6 Å². The van der Waals surface area contributed by atoms with E-state index in [4.69, 9.17) is 10.2 Å². The largest absolute Gasteiger partial charge is 0.504 e. The molecule has 7 nitrogen and oxygen atoms in total. The third-order valence-electron chi connectivity index (χ3n) is 3.76. The second-order valence-electron chi connectivity index (χ2n) is 7.09. The first-order chi connectivity index (χ1) is 12.7. The molecule has 0 radical (unpaired) electrons. The smallest absolute Gasteiger partial charge is 0.245 e. The van der Waals surface area contributed by atoms with Crippen molar-refractivity contribution in [3.8, 4) is 11.5 Å². The third kappa shape index (κ3) is 9.49. The van der Waals surface area contributed by atoms with E-state index in [0.29, 0.717) is 25.5 Å². The molecule has 1 unspecified atom stereocenters. The Bertz CT molecular complexity index is 564. The lowest BCUT2D eigenvalue weighted by atomic mass is 9.97. The third-order valence-corrected chi connectivity index (χ3v) is 3.76. The summed E-state index contributed by atoms with van der Waals surface area (Å²) in [5, 5.41) is 38.6. The molecule has 5 N–H and O–H groups in total. The number of nitrogens with one attached hydrogen (secondary N) is 1. The summed E-state index contributed by atoms with van der Waals surface area (Å²) in [6.45, 7) is 8.82. The Morgan fingerprint density at radius 3 is 2.22 bits per heavy atom. The molecular weight excluding hydrogens is 348 g/mol. The predicted molar refractivity (Wildman–Crippen MR) is 108 cm³/mol. The number of anilines is 1. The van der Waals surface area contributed by atoms with Crippen LogP contribution in [-0.4, -0.2) is 59.2 Å². The van der Waals surface area contributed by atoms with Gasteiger partial charge >= 0.3 is 0 Å². The van der Waals surface area contributed by atoms with Gasteiger partial charge in [0.1, 0.15) is 6.61 Å². The standard InChI is InChI=1S/C12H16N2O4.C5H12O.C3H8/c1-14-5-8(13-12(18)6-15)2-7-3-10(16)11(17)4-9(7)14;1-5(2)3-4-6;1-3-2/h3-4,8,15-17H,2,5-6H2,1H3,(H,13,18);5-6H,3-4H2,1-2H3;3H2,1-2H3. The summed E-state index contributed by atoms with van der Waals surface area (Å²) in [7, 11) is 1.84. The molecule has 156 valence electrons. The van der Waals surface area contributed by atoms with Gasteiger partial charge in [-0.3, -0.25) is 4.79 Å². The highest BCUT2D eigenvalue weighted by atomic mass is 16.3. The number of phenols is 2. The zero-order valence-corrected chi connectivity index (χ0v) is 17.2. The quantitative estimate of drug-likeness (QED) is 0.508. The number of fused-ring (bicyclic) bond motifs is 1. The number of aromatic hydroxyl groups is 2. The summed E-state index contributed by atoms with van der Waals surface area (Å²) in [5.74, 6) is -0.0930. The normalized spacial score (nSPS) is 15.1. The molecule has 1 amide bonds. The second kappa shape index (κ2) is 13.2. The van der Waals surface area contributed by atoms with E-state index in [2.05, 4.69) is 33.0 Å². The number of benzene rings is 1. The van der Waals surface area contributed by atoms with Gasteiger partial charge in [0.25, 0.3) is 0 Å². The molecule has 1 aromatic rings. The van der Waals surface area contributed by atoms with Crippen molar-refractivity contribution in [2.24, 2.45) is 5.92 Å². The maximum Gasteiger partial charge on any atom is 0.245 e. The number of nitrogens with zero attached hydrogens (tertiary/aromatic N) is 1. The number of phenolic OH excluding ortho intramolecular Hbond substituents is 2. The summed E-state index contributed by atoms with van der Waals surface area (Å²) >= 11 is 0. The van der Waals surface area contributed by atoms with Gasteiger partial charge in [-0.05, 0) is 30.4 Å². The van der Waals surface area contributed by atoms with Gasteiger partial charge in [0.05, 0.1) is 6.04 Å². The van der Waals surface area contributed by atoms with E-state index in [1.54, 1.807) is 0 Å². The monoisotopic (exact) mass is 384 g/mol. The molecule has 0 bridgehead atoms. The highest BCUT2D eigenvalue weighted by molar-refractivity contribution is 5.77. The number of aliphatic hydroxyl groups excluding tert-OH is 2. The highest BCUT2D eigenvalue weighted by Crippen LogP contribution is 2.35. The minimum Gasteiger partial charge on any atom is -0.504 e. The Labute approximate surface area is 162 Å². The van der Waals surface area contributed by atoms with Crippen LogP contribution in [0.1, 0.15) is 46.1 Å². The molecule has 0 aromatic heterocycles. The van der Waals surface area contributed by atoms with Crippen molar-refractivity contribution in [2.45, 2.75) is 53.0 Å². The van der Waals surface area contributed by atoms with E-state index in [0.717, 1.165) is 17.7 Å². The molecule has 27 heavy (non-hydrogen) atoms. The molecule has 0 fully saturated rings. The van der Waals surface area contributed by atoms with E-state index in [9.17, 15) is 15.0 Å². The van der Waals surface area contributed by atoms with Crippen molar-refractivity contribution < 1.29 is 25.2 Å². The molecule has 1 aromatic carbocycles. The van der Waals surface area contributed by atoms with Crippen LogP contribution in [0.4, 0.5) is 5.69 Å². The van der Waals surface area contributed by atoms with Crippen molar-refractivity contribution in [3.05, 3.63) is 17.7 Å². The van der Waals surface area contributed by atoms with Crippen molar-refractivity contribution in [2.75, 3.05) is 31.7 Å². The Morgan fingerprint density at radius 2 is 1.78 bits per heavy atom. The molecule has 0 saturated heterocycles. The first-order valence-corrected chi connectivity index (χ1v) is 9.46. The highest BCUT2D eigenvalue weighted by Gasteiger charge is 2.24. The second-order valence-corrected chi connectivity index (χ2v) is 7.09. The SMILES string of the molecule is CC(C)CCO.CCC.CN1CC(NC(=O)CO)Cc2cc(O)c(O)cc21. The van der Waals surface area contributed by atoms with Crippen LogP contribution in [0, 0.1) is 5.92 Å². The maximum atomic E-state index is 11.2. The van der Waals surface area contributed by atoms with Crippen LogP contribution in [0.15, 0.2) is 12.1 Å². The lowest BCUT2D eigenvalue weighted by Gasteiger charge is -2.34. The van der Waals surface area contributed by atoms with Gasteiger partial charge in [-0.2, -0.15) is 0 Å². The molecule has 0 aliphatic carbocycles. The fourth-order valence-corrected chi connectivity index (χ4v) is 2.52. The molecule has 1 heterocycles. The zero-order chi connectivity index (χ0) is 21.0. The molecule has 1 aliphatic heterocycles. The van der Waals surface area contributed by atoms with E-state index in [1.165, 1.54) is 18.6 Å². The van der Waals surface area contributed by atoms with E-state index in [1.807, 2.05) is 11.9 Å². The zero-order valence-electron chi connectivity index (χ0n) is 17.2. The van der Waals surface area contributed by atoms with Crippen LogP contribution < -0.4 is 10.2 Å². The minimum absolute atomic E-state index is 0.119. The lowest BCUT2D eigenvalue weighted by Crippen LogP contribution is -2.47. The number of rotatable bonds is 4. The summed E-state index contributed by atoms with van der Waals surface area (Å²) in [5.41, 5.74) is 1.68. The topological polar surface area (TPSA) is 113 Å². The Kier molecular flexibility index (Phi) is 12.2. The molecule has 1 aliphatic rings. The molecular formula is C20H36N2O5. The summed E-state index contributed by atoms with van der Waals surface area (Å²) in [4.78, 5) is 13.0. The van der Waals surface area contributed by atoms with E-state index in [-0.39, 0.29) is 17.5 Å². The first kappa shape index (κ1) is 25.0. The van der Waals surface area contributed by atoms with Crippen LogP contribution in [0.3, 0.4) is 0 Å². The fourth-order valence-electron chi connectivity index (χ4n) is 2.52. The number of carbonyl (C=O) groups is 1. The van der Waals surface area contributed by atoms with Crippen LogP contribution in [0.5, 0.6) is 11.5 Å². The summed E-state index contributed by atoms with van der Waals surface area (Å²) < 4.78 is 0. The number of hydrogen-bond donors (Lipinski definition) is 5. The Hall–Kier alpha value is -1.99. The number of amides is 1. The van der Waals surface area contributed by atoms with Gasteiger partial charge in [0.15, 0.2) is 11.5 Å². The van der Waals surface area contributed by atoms with Crippen LogP contribution >= 0.6 is 0 Å². The average Bonchev–Trinajstić information content (AvgIpc) is 2.58. The molecule has 7 heteroatoms. The molecule has 1 atom stereocenters. The van der Waals surface area contributed by atoms with Gasteiger partial charge in [-0.15, -0.1) is 0 Å². The number of aliphatic hydroxyl groups is 2. The Balaban J connectivity index is 0.000000632. The van der Waals surface area contributed by atoms with Gasteiger partial charge < -0.3 is 30.6 Å². The van der Waals surface area contributed by atoms with Crippen molar-refractivity contribution in [1.82, 2.24) is 5.32 Å². The van der Waals surface area contributed by atoms with Gasteiger partial charge in [-0.25, -0.2) is 0 Å². The lowest BCUT2D eigenvalue weighted by molar-refractivity contribution is -0.124. The summed E-state index contributed by atoms with van der Waals surface area (Å²) in [6, 6.07) is 2.89. The van der Waals surface area contributed by atoms with Crippen molar-refractivity contribution in [3.63, 3.8) is 0 Å². The van der Waals surface area contributed by atoms with Crippen molar-refractivity contribution in [1.29, 1.82) is 0 Å². The first-order valence-electron chi connectivity index (χ1n) is 9.46. The minimum atomic E-state index is -0.534. The number of carbonyl (C=O) groups excluding carboxylic acids is 1. The van der Waals surface area contributed by atoms with Gasteiger partial charge in [0.2, 0.25) is 5.91 Å². The van der Waals surface area contributed by atoms with Gasteiger partial charge in [-0.1, -0.05) is 34.1 Å². The molecule has 2 rings (SSSR count). The fraction of sp³-hybridized carbons (Fsp3) is 0.650. The van der Waals surface area contributed by atoms with Crippen LogP contribution in [0.25, 0.3) is 0 Å². The Morgan fingerprint density at radius 1 is 1.22 bits per heavy atom. The van der Waals surface area contributed by atoms with E-state index >= 15 is 0 Å². The maximum absolute atomic E-state index is 11.2. The van der Waals surface area contributed by atoms with E-state index < -0.39 is 12.5 Å². The average molecular weight is 385 g/mol. The predicted octanol–water partition coefficient (Wildman–Crippen LogP) is 2.01. The van der Waals surface area contributed by atoms with Gasteiger partial charge in [0, 0.05) is 32.0 Å².